The van der Waals surface area contributed by atoms with Crippen LogP contribution in [-0.4, -0.2) is 26.9 Å². The van der Waals surface area contributed by atoms with Crippen molar-refractivity contribution in [1.29, 1.82) is 0 Å². The first-order valence-electron chi connectivity index (χ1n) is 10.1. The van der Waals surface area contributed by atoms with Crippen LogP contribution in [0.4, 0.5) is 0 Å². The third kappa shape index (κ3) is 3.18. The number of likely N-dealkylation sites (tertiary alicyclic amines) is 1. The minimum absolute atomic E-state index is 0.0249. The topological polar surface area (TPSA) is 55.2 Å². The Morgan fingerprint density at radius 1 is 0.900 bits per heavy atom. The van der Waals surface area contributed by atoms with E-state index in [1.807, 2.05) is 41.3 Å². The molecule has 0 radical (unpaired) electrons. The Morgan fingerprint density at radius 2 is 1.63 bits per heavy atom. The first-order valence-corrected chi connectivity index (χ1v) is 10.1. The third-order valence-corrected chi connectivity index (χ3v) is 5.76. The summed E-state index contributed by atoms with van der Waals surface area (Å²) in [5.41, 5.74) is 3.04. The molecule has 5 nitrogen and oxygen atoms in total. The lowest BCUT2D eigenvalue weighted by molar-refractivity contribution is 0.0735. The Bertz CT molecular complexity index is 1260. The maximum atomic E-state index is 13.2. The van der Waals surface area contributed by atoms with Crippen molar-refractivity contribution in [2.45, 2.75) is 18.9 Å². The van der Waals surface area contributed by atoms with Crippen LogP contribution in [0.15, 0.2) is 90.0 Å². The predicted octanol–water partition coefficient (Wildman–Crippen LogP) is 4.36. The molecule has 0 N–H and O–H groups in total. The lowest BCUT2D eigenvalue weighted by Gasteiger charge is -2.25. The van der Waals surface area contributed by atoms with Gasteiger partial charge >= 0.3 is 0 Å². The van der Waals surface area contributed by atoms with Gasteiger partial charge in [-0.1, -0.05) is 42.5 Å². The number of carbonyl (C=O) groups is 1. The van der Waals surface area contributed by atoms with Crippen molar-refractivity contribution < 1.29 is 4.79 Å². The Labute approximate surface area is 174 Å². The standard InChI is InChI=1S/C25H21N3O2/c29-24(27-16-6-11-23(27)18-7-2-1-3-8-18)19-12-14-20(15-13-19)28-17-26-22-10-5-4-9-21(22)25(28)30/h1-5,7-10,12-15,17,23H,6,11,16H2/t23-/m1/s1. The highest BCUT2D eigenvalue weighted by Crippen LogP contribution is 2.33. The number of hydrogen-bond acceptors (Lipinski definition) is 3. The van der Waals surface area contributed by atoms with Crippen LogP contribution in [0.1, 0.15) is 34.8 Å². The van der Waals surface area contributed by atoms with E-state index in [0.29, 0.717) is 22.2 Å². The van der Waals surface area contributed by atoms with Crippen molar-refractivity contribution >= 4 is 16.8 Å². The zero-order valence-corrected chi connectivity index (χ0v) is 16.4. The van der Waals surface area contributed by atoms with Gasteiger partial charge in [0.1, 0.15) is 6.33 Å². The van der Waals surface area contributed by atoms with Crippen LogP contribution in [0.3, 0.4) is 0 Å². The highest BCUT2D eigenvalue weighted by Gasteiger charge is 2.30. The van der Waals surface area contributed by atoms with Gasteiger partial charge in [0.25, 0.3) is 11.5 Å². The summed E-state index contributed by atoms with van der Waals surface area (Å²) < 4.78 is 1.51. The van der Waals surface area contributed by atoms with Gasteiger partial charge in [-0.25, -0.2) is 4.98 Å². The number of carbonyl (C=O) groups excluding carboxylic acids is 1. The second kappa shape index (κ2) is 7.59. The number of fused-ring (bicyclic) bond motifs is 1. The van der Waals surface area contributed by atoms with Crippen molar-refractivity contribution in [3.63, 3.8) is 0 Å². The molecule has 0 bridgehead atoms. The molecule has 148 valence electrons. The molecule has 5 heteroatoms. The number of amides is 1. The Hall–Kier alpha value is -3.73. The molecule has 4 aromatic rings. The quantitative estimate of drug-likeness (QED) is 0.518. The molecule has 1 saturated heterocycles. The molecule has 3 aromatic carbocycles. The summed E-state index contributed by atoms with van der Waals surface area (Å²) >= 11 is 0. The van der Waals surface area contributed by atoms with Gasteiger partial charge in [-0.15, -0.1) is 0 Å². The number of nitrogens with zero attached hydrogens (tertiary/aromatic N) is 3. The van der Waals surface area contributed by atoms with Gasteiger partial charge in [-0.05, 0) is 54.8 Å². The van der Waals surface area contributed by atoms with Crippen LogP contribution in [0, 0.1) is 0 Å². The van der Waals surface area contributed by atoms with E-state index < -0.39 is 0 Å². The molecule has 1 fully saturated rings. The second-order valence-electron chi connectivity index (χ2n) is 7.55. The summed E-state index contributed by atoms with van der Waals surface area (Å²) in [4.78, 5) is 32.3. The van der Waals surface area contributed by atoms with Crippen LogP contribution in [0.5, 0.6) is 0 Å². The molecule has 1 aliphatic rings. The molecule has 1 aliphatic heterocycles. The Balaban J connectivity index is 1.43. The number of rotatable bonds is 3. The highest BCUT2D eigenvalue weighted by atomic mass is 16.2. The number of hydrogen-bond donors (Lipinski definition) is 0. The average Bonchev–Trinajstić information content (AvgIpc) is 3.30. The molecular formula is C25H21N3O2. The summed E-state index contributed by atoms with van der Waals surface area (Å²) in [6.07, 6.45) is 3.51. The molecule has 2 heterocycles. The van der Waals surface area contributed by atoms with Gasteiger partial charge in [0.05, 0.1) is 22.6 Å². The average molecular weight is 395 g/mol. The minimum atomic E-state index is -0.122. The van der Waals surface area contributed by atoms with E-state index in [2.05, 4.69) is 17.1 Å². The maximum absolute atomic E-state index is 13.2. The number of benzene rings is 3. The molecular weight excluding hydrogens is 374 g/mol. The fourth-order valence-corrected chi connectivity index (χ4v) is 4.22. The van der Waals surface area contributed by atoms with Crippen LogP contribution in [0.2, 0.25) is 0 Å². The monoisotopic (exact) mass is 395 g/mol. The molecule has 0 saturated carbocycles. The molecule has 30 heavy (non-hydrogen) atoms. The van der Waals surface area contributed by atoms with Crippen molar-refractivity contribution in [3.05, 3.63) is 107 Å². The van der Waals surface area contributed by atoms with Crippen LogP contribution in [-0.2, 0) is 0 Å². The maximum Gasteiger partial charge on any atom is 0.265 e. The summed E-state index contributed by atoms with van der Waals surface area (Å²) in [7, 11) is 0. The number of para-hydroxylation sites is 1. The fraction of sp³-hybridized carbons (Fsp3) is 0.160. The second-order valence-corrected chi connectivity index (χ2v) is 7.55. The largest absolute Gasteiger partial charge is 0.332 e. The van der Waals surface area contributed by atoms with Crippen LogP contribution >= 0.6 is 0 Å². The van der Waals surface area contributed by atoms with E-state index in [9.17, 15) is 9.59 Å². The fourth-order valence-electron chi connectivity index (χ4n) is 4.22. The predicted molar refractivity (Wildman–Crippen MR) is 117 cm³/mol. The van der Waals surface area contributed by atoms with E-state index in [0.717, 1.165) is 19.4 Å². The lowest BCUT2D eigenvalue weighted by atomic mass is 10.0. The summed E-state index contributed by atoms with van der Waals surface area (Å²) in [5, 5.41) is 0.572. The van der Waals surface area contributed by atoms with Gasteiger partial charge < -0.3 is 4.90 Å². The van der Waals surface area contributed by atoms with Crippen molar-refractivity contribution in [1.82, 2.24) is 14.5 Å². The van der Waals surface area contributed by atoms with E-state index in [1.165, 1.54) is 16.5 Å². The first-order chi connectivity index (χ1) is 14.7. The van der Waals surface area contributed by atoms with Crippen LogP contribution in [0.25, 0.3) is 16.6 Å². The summed E-state index contributed by atoms with van der Waals surface area (Å²) in [6.45, 7) is 0.758. The zero-order valence-electron chi connectivity index (χ0n) is 16.4. The zero-order chi connectivity index (χ0) is 20.5. The molecule has 0 unspecified atom stereocenters. The smallest absolute Gasteiger partial charge is 0.265 e. The summed E-state index contributed by atoms with van der Waals surface area (Å²) in [5.74, 6) is 0.0249. The van der Waals surface area contributed by atoms with E-state index in [4.69, 9.17) is 0 Å². The number of aromatic nitrogens is 2. The third-order valence-electron chi connectivity index (χ3n) is 5.76. The summed E-state index contributed by atoms with van der Waals surface area (Å²) in [6, 6.07) is 24.8. The van der Waals surface area contributed by atoms with E-state index >= 15 is 0 Å². The van der Waals surface area contributed by atoms with Crippen molar-refractivity contribution in [2.24, 2.45) is 0 Å². The van der Waals surface area contributed by atoms with E-state index in [-0.39, 0.29) is 17.5 Å². The SMILES string of the molecule is O=C(c1ccc(-n2cnc3ccccc3c2=O)cc1)N1CCC[C@@H]1c1ccccc1. The lowest BCUT2D eigenvalue weighted by Crippen LogP contribution is -2.30. The van der Waals surface area contributed by atoms with Gasteiger partial charge in [0.15, 0.2) is 0 Å². The van der Waals surface area contributed by atoms with Crippen molar-refractivity contribution in [3.8, 4) is 5.69 Å². The molecule has 1 amide bonds. The van der Waals surface area contributed by atoms with Gasteiger partial charge in [-0.3, -0.25) is 14.2 Å². The highest BCUT2D eigenvalue weighted by molar-refractivity contribution is 5.95. The Kier molecular flexibility index (Phi) is 4.64. The molecule has 0 spiro atoms. The van der Waals surface area contributed by atoms with Gasteiger partial charge in [-0.2, -0.15) is 0 Å². The van der Waals surface area contributed by atoms with Crippen LogP contribution < -0.4 is 5.56 Å². The Morgan fingerprint density at radius 3 is 2.43 bits per heavy atom. The molecule has 0 aliphatic carbocycles. The van der Waals surface area contributed by atoms with E-state index in [1.54, 1.807) is 30.3 Å². The first kappa shape index (κ1) is 18.3. The molecule has 5 rings (SSSR count). The normalized spacial score (nSPS) is 16.1. The minimum Gasteiger partial charge on any atom is -0.332 e. The molecule has 1 aromatic heterocycles. The van der Waals surface area contributed by atoms with Gasteiger partial charge in [0, 0.05) is 12.1 Å². The van der Waals surface area contributed by atoms with Crippen molar-refractivity contribution in [2.75, 3.05) is 6.54 Å². The molecule has 1 atom stereocenters. The van der Waals surface area contributed by atoms with Gasteiger partial charge in [0.2, 0.25) is 0 Å².